The Balaban J connectivity index is 1.83. The Morgan fingerprint density at radius 2 is 1.17 bits per heavy atom. The van der Waals surface area contributed by atoms with Gasteiger partial charge >= 0.3 is 0 Å². The zero-order valence-corrected chi connectivity index (χ0v) is 15.1. The molecule has 0 spiro atoms. The van der Waals surface area contributed by atoms with Crippen LogP contribution in [0.1, 0.15) is 96.0 Å². The van der Waals surface area contributed by atoms with Crippen LogP contribution in [0.15, 0.2) is 30.3 Å². The van der Waals surface area contributed by atoms with Gasteiger partial charge in [0.05, 0.1) is 0 Å². The van der Waals surface area contributed by atoms with E-state index in [-0.39, 0.29) is 0 Å². The largest absolute Gasteiger partial charge is 0.508 e. The van der Waals surface area contributed by atoms with Gasteiger partial charge < -0.3 is 5.11 Å². The van der Waals surface area contributed by atoms with Crippen molar-refractivity contribution in [3.05, 3.63) is 35.9 Å². The molecule has 1 heteroatoms. The van der Waals surface area contributed by atoms with Crippen LogP contribution >= 0.6 is 0 Å². The lowest BCUT2D eigenvalue weighted by Gasteiger charge is -2.02. The van der Waals surface area contributed by atoms with Crippen LogP contribution in [-0.4, -0.2) is 5.11 Å². The maximum absolute atomic E-state index is 9.23. The molecule has 0 heterocycles. The minimum Gasteiger partial charge on any atom is -0.508 e. The van der Waals surface area contributed by atoms with Gasteiger partial charge in [0, 0.05) is 0 Å². The Morgan fingerprint density at radius 3 is 1.70 bits per heavy atom. The lowest BCUT2D eigenvalue weighted by atomic mass is 10.0. The number of rotatable bonds is 14. The fourth-order valence-corrected chi connectivity index (χ4v) is 2.91. The fourth-order valence-electron chi connectivity index (χ4n) is 2.91. The maximum atomic E-state index is 9.23. The van der Waals surface area contributed by atoms with Crippen molar-refractivity contribution in [2.24, 2.45) is 0 Å². The number of allylic oxidation sites excluding steroid dienone is 1. The Hall–Kier alpha value is -1.24. The molecule has 0 aromatic heterocycles. The first-order valence-electron chi connectivity index (χ1n) is 9.78. The second-order valence-electron chi connectivity index (χ2n) is 6.67. The molecule has 0 amide bonds. The number of hydrogen-bond acceptors (Lipinski definition) is 1. The summed E-state index contributed by atoms with van der Waals surface area (Å²) >= 11 is 0. The van der Waals surface area contributed by atoms with Gasteiger partial charge in [0.1, 0.15) is 5.75 Å². The van der Waals surface area contributed by atoms with Crippen LogP contribution in [0, 0.1) is 0 Å². The number of unbranched alkanes of at least 4 members (excludes halogenated alkanes) is 12. The van der Waals surface area contributed by atoms with E-state index < -0.39 is 0 Å². The molecule has 1 rings (SSSR count). The van der Waals surface area contributed by atoms with E-state index in [4.69, 9.17) is 0 Å². The third-order valence-electron chi connectivity index (χ3n) is 4.43. The van der Waals surface area contributed by atoms with Crippen molar-refractivity contribution in [3.63, 3.8) is 0 Å². The predicted octanol–water partition coefficient (Wildman–Crippen LogP) is 7.50. The highest BCUT2D eigenvalue weighted by Crippen LogP contribution is 2.14. The Morgan fingerprint density at radius 1 is 0.696 bits per heavy atom. The highest BCUT2D eigenvalue weighted by molar-refractivity contribution is 5.50. The van der Waals surface area contributed by atoms with Gasteiger partial charge in [-0.2, -0.15) is 0 Å². The molecule has 0 aliphatic heterocycles. The van der Waals surface area contributed by atoms with E-state index in [2.05, 4.69) is 19.1 Å². The number of phenolic OH excluding ortho intramolecular Hbond substituents is 1. The highest BCUT2D eigenvalue weighted by atomic mass is 16.3. The smallest absolute Gasteiger partial charge is 0.115 e. The average Bonchev–Trinajstić information content (AvgIpc) is 2.57. The molecule has 0 unspecified atom stereocenters. The van der Waals surface area contributed by atoms with Crippen LogP contribution in [0.4, 0.5) is 0 Å². The van der Waals surface area contributed by atoms with Crippen LogP contribution in [0.5, 0.6) is 5.75 Å². The Kier molecular flexibility index (Phi) is 12.4. The molecule has 1 aromatic carbocycles. The SMILES string of the molecule is CCCCCCCCCCCCCCC=Cc1ccc(O)cc1. The summed E-state index contributed by atoms with van der Waals surface area (Å²) < 4.78 is 0. The first-order valence-corrected chi connectivity index (χ1v) is 9.78. The van der Waals surface area contributed by atoms with Crippen molar-refractivity contribution in [2.45, 2.75) is 90.4 Å². The van der Waals surface area contributed by atoms with Crippen molar-refractivity contribution in [1.82, 2.24) is 0 Å². The summed E-state index contributed by atoms with van der Waals surface area (Å²) in [7, 11) is 0. The molecule has 1 nitrogen and oxygen atoms in total. The second kappa shape index (κ2) is 14.4. The minimum atomic E-state index is 0.336. The molecule has 0 aliphatic rings. The molecule has 23 heavy (non-hydrogen) atoms. The van der Waals surface area contributed by atoms with Crippen LogP contribution in [0.25, 0.3) is 6.08 Å². The summed E-state index contributed by atoms with van der Waals surface area (Å²) in [6.07, 6.45) is 22.4. The summed E-state index contributed by atoms with van der Waals surface area (Å²) in [6.45, 7) is 2.28. The van der Waals surface area contributed by atoms with Crippen molar-refractivity contribution < 1.29 is 5.11 Å². The number of hydrogen-bond donors (Lipinski definition) is 1. The van der Waals surface area contributed by atoms with Crippen molar-refractivity contribution in [2.75, 3.05) is 0 Å². The lowest BCUT2D eigenvalue weighted by Crippen LogP contribution is -1.82. The van der Waals surface area contributed by atoms with Crippen LogP contribution in [0.3, 0.4) is 0 Å². The molecule has 130 valence electrons. The topological polar surface area (TPSA) is 20.2 Å². The van der Waals surface area contributed by atoms with E-state index in [0.717, 1.165) is 6.42 Å². The van der Waals surface area contributed by atoms with E-state index in [0.29, 0.717) is 5.75 Å². The van der Waals surface area contributed by atoms with Crippen molar-refractivity contribution >= 4 is 6.08 Å². The van der Waals surface area contributed by atoms with E-state index in [9.17, 15) is 5.11 Å². The molecule has 0 saturated carbocycles. The zero-order chi connectivity index (χ0) is 16.6. The summed E-state index contributed by atoms with van der Waals surface area (Å²) in [5.74, 6) is 0.336. The van der Waals surface area contributed by atoms with E-state index >= 15 is 0 Å². The average molecular weight is 317 g/mol. The monoisotopic (exact) mass is 316 g/mol. The minimum absolute atomic E-state index is 0.336. The fraction of sp³-hybridized carbons (Fsp3) is 0.636. The maximum Gasteiger partial charge on any atom is 0.115 e. The first kappa shape index (κ1) is 19.8. The molecule has 0 saturated heterocycles. The number of aromatic hydroxyl groups is 1. The van der Waals surface area contributed by atoms with Crippen molar-refractivity contribution in [1.29, 1.82) is 0 Å². The second-order valence-corrected chi connectivity index (χ2v) is 6.67. The summed E-state index contributed by atoms with van der Waals surface area (Å²) in [4.78, 5) is 0. The van der Waals surface area contributed by atoms with Crippen LogP contribution in [0.2, 0.25) is 0 Å². The van der Waals surface area contributed by atoms with Crippen LogP contribution < -0.4 is 0 Å². The Labute approximate surface area is 143 Å². The van der Waals surface area contributed by atoms with Gasteiger partial charge in [0.2, 0.25) is 0 Å². The van der Waals surface area contributed by atoms with E-state index in [1.54, 1.807) is 12.1 Å². The Bertz CT molecular complexity index is 391. The quantitative estimate of drug-likeness (QED) is 0.352. The molecule has 1 aromatic rings. The molecule has 0 radical (unpaired) electrons. The van der Waals surface area contributed by atoms with Gasteiger partial charge in [-0.1, -0.05) is 102 Å². The molecule has 1 N–H and O–H groups in total. The van der Waals surface area contributed by atoms with Crippen LogP contribution in [-0.2, 0) is 0 Å². The first-order chi connectivity index (χ1) is 11.3. The third-order valence-corrected chi connectivity index (χ3v) is 4.43. The molecule has 0 bridgehead atoms. The van der Waals surface area contributed by atoms with Gasteiger partial charge in [0.15, 0.2) is 0 Å². The predicted molar refractivity (Wildman–Crippen MR) is 103 cm³/mol. The summed E-state index contributed by atoms with van der Waals surface area (Å²) in [5, 5.41) is 9.23. The third kappa shape index (κ3) is 11.9. The molecule has 0 aliphatic carbocycles. The van der Waals surface area contributed by atoms with Gasteiger partial charge in [-0.15, -0.1) is 0 Å². The molecule has 0 atom stereocenters. The molecular formula is C22H36O. The van der Waals surface area contributed by atoms with E-state index in [1.165, 1.54) is 82.6 Å². The number of phenols is 1. The normalized spacial score (nSPS) is 11.3. The van der Waals surface area contributed by atoms with Gasteiger partial charge in [0.25, 0.3) is 0 Å². The summed E-state index contributed by atoms with van der Waals surface area (Å²) in [5.41, 5.74) is 1.17. The summed E-state index contributed by atoms with van der Waals surface area (Å²) in [6, 6.07) is 7.38. The molecule has 0 fully saturated rings. The van der Waals surface area contributed by atoms with Gasteiger partial charge in [-0.3, -0.25) is 0 Å². The van der Waals surface area contributed by atoms with Gasteiger partial charge in [-0.05, 0) is 30.5 Å². The molecular weight excluding hydrogens is 280 g/mol. The van der Waals surface area contributed by atoms with Crippen molar-refractivity contribution in [3.8, 4) is 5.75 Å². The number of benzene rings is 1. The standard InChI is InChI=1S/C22H36O/c1-2-3-4-5-6-7-8-9-10-11-12-13-14-15-16-21-17-19-22(23)20-18-21/h15-20,23H,2-14H2,1H3. The van der Waals surface area contributed by atoms with E-state index in [1.807, 2.05) is 12.1 Å². The zero-order valence-electron chi connectivity index (χ0n) is 15.1. The highest BCUT2D eigenvalue weighted by Gasteiger charge is 1.93. The lowest BCUT2D eigenvalue weighted by molar-refractivity contribution is 0.475. The van der Waals surface area contributed by atoms with Gasteiger partial charge in [-0.25, -0.2) is 0 Å².